The van der Waals surface area contributed by atoms with E-state index in [1.165, 1.54) is 0 Å². The molecule has 2 rings (SSSR count). The molecule has 0 radical (unpaired) electrons. The molecule has 1 aromatic rings. The van der Waals surface area contributed by atoms with Crippen LogP contribution in [0, 0.1) is 6.92 Å². The highest BCUT2D eigenvalue weighted by atomic mass is 127. The Balaban J connectivity index is 0.00000392. The molecule has 0 saturated carbocycles. The van der Waals surface area contributed by atoms with Crippen LogP contribution in [0.4, 0.5) is 0 Å². The topological polar surface area (TPSA) is 70.8 Å². The standard InChI is InChI=1S/C19H35N7O.HI/c1-5-6-7-10-24(3)19(21-16-18-23-22-17(2)25(18)4)20-9-8-11-26-12-14-27-15-13-26;/h5H,1,6-16H2,2-4H3,(H,20,21);1H. The van der Waals surface area contributed by atoms with Crippen LogP contribution in [0.3, 0.4) is 0 Å². The summed E-state index contributed by atoms with van der Waals surface area (Å²) >= 11 is 0. The highest BCUT2D eigenvalue weighted by molar-refractivity contribution is 14.0. The zero-order valence-corrected chi connectivity index (χ0v) is 19.9. The summed E-state index contributed by atoms with van der Waals surface area (Å²) in [5, 5.41) is 11.8. The monoisotopic (exact) mass is 505 g/mol. The molecule has 160 valence electrons. The Kier molecular flexibility index (Phi) is 12.3. The highest BCUT2D eigenvalue weighted by Crippen LogP contribution is 2.02. The number of aromatic nitrogens is 3. The Labute approximate surface area is 186 Å². The number of hydrogen-bond acceptors (Lipinski definition) is 5. The molecule has 1 aliphatic rings. The van der Waals surface area contributed by atoms with Crippen molar-refractivity contribution in [1.82, 2.24) is 29.9 Å². The first kappa shape index (κ1) is 24.8. The van der Waals surface area contributed by atoms with Crippen molar-refractivity contribution in [1.29, 1.82) is 0 Å². The van der Waals surface area contributed by atoms with Crippen molar-refractivity contribution < 1.29 is 4.74 Å². The van der Waals surface area contributed by atoms with Crippen molar-refractivity contribution in [3.63, 3.8) is 0 Å². The van der Waals surface area contributed by atoms with E-state index in [0.717, 1.165) is 82.8 Å². The third-order valence-corrected chi connectivity index (χ3v) is 4.85. The van der Waals surface area contributed by atoms with Crippen molar-refractivity contribution in [2.24, 2.45) is 12.0 Å². The van der Waals surface area contributed by atoms with Gasteiger partial charge in [0.1, 0.15) is 12.4 Å². The second-order valence-electron chi connectivity index (χ2n) is 6.95. The largest absolute Gasteiger partial charge is 0.379 e. The molecular weight excluding hydrogens is 469 g/mol. The fourth-order valence-electron chi connectivity index (χ4n) is 2.95. The first-order valence-corrected chi connectivity index (χ1v) is 9.87. The summed E-state index contributed by atoms with van der Waals surface area (Å²) in [5.74, 6) is 2.70. The molecule has 28 heavy (non-hydrogen) atoms. The van der Waals surface area contributed by atoms with Gasteiger partial charge in [-0.05, 0) is 32.7 Å². The summed E-state index contributed by atoms with van der Waals surface area (Å²) in [6.07, 6.45) is 5.13. The zero-order valence-electron chi connectivity index (χ0n) is 17.6. The molecule has 8 nitrogen and oxygen atoms in total. The minimum atomic E-state index is 0. The van der Waals surface area contributed by atoms with Gasteiger partial charge >= 0.3 is 0 Å². The third-order valence-electron chi connectivity index (χ3n) is 4.85. The van der Waals surface area contributed by atoms with Crippen LogP contribution < -0.4 is 5.32 Å². The van der Waals surface area contributed by atoms with Gasteiger partial charge in [-0.25, -0.2) is 4.99 Å². The van der Waals surface area contributed by atoms with Gasteiger partial charge in [0.15, 0.2) is 11.8 Å². The molecule has 9 heteroatoms. The van der Waals surface area contributed by atoms with E-state index in [9.17, 15) is 0 Å². The van der Waals surface area contributed by atoms with Crippen LogP contribution in [-0.2, 0) is 18.3 Å². The molecule has 0 atom stereocenters. The molecule has 0 spiro atoms. The molecular formula is C19H36IN7O. The number of guanidine groups is 1. The average molecular weight is 505 g/mol. The van der Waals surface area contributed by atoms with E-state index in [0.29, 0.717) is 6.54 Å². The number of ether oxygens (including phenoxy) is 1. The molecule has 0 aromatic carbocycles. The summed E-state index contributed by atoms with van der Waals surface area (Å²) in [5.41, 5.74) is 0. The predicted molar refractivity (Wildman–Crippen MR) is 124 cm³/mol. The molecule has 0 unspecified atom stereocenters. The number of allylic oxidation sites excluding steroid dienone is 1. The molecule has 1 saturated heterocycles. The number of nitrogens with zero attached hydrogens (tertiary/aromatic N) is 6. The van der Waals surface area contributed by atoms with E-state index < -0.39 is 0 Å². The third kappa shape index (κ3) is 8.44. The molecule has 1 aliphatic heterocycles. The fraction of sp³-hybridized carbons (Fsp3) is 0.737. The normalized spacial score (nSPS) is 15.2. The van der Waals surface area contributed by atoms with Gasteiger partial charge in [0.05, 0.1) is 13.2 Å². The summed E-state index contributed by atoms with van der Waals surface area (Å²) in [4.78, 5) is 9.42. The van der Waals surface area contributed by atoms with E-state index in [1.54, 1.807) is 0 Å². The maximum atomic E-state index is 5.40. The Morgan fingerprint density at radius 1 is 1.32 bits per heavy atom. The number of aryl methyl sites for hydroxylation is 1. The van der Waals surface area contributed by atoms with Crippen LogP contribution in [-0.4, -0.2) is 83.5 Å². The quantitative estimate of drug-likeness (QED) is 0.172. The summed E-state index contributed by atoms with van der Waals surface area (Å²) in [6.45, 7) is 13.0. The minimum Gasteiger partial charge on any atom is -0.379 e. The first-order valence-electron chi connectivity index (χ1n) is 9.87. The average Bonchev–Trinajstić information content (AvgIpc) is 3.00. The Bertz CT molecular complexity index is 599. The number of hydrogen-bond donors (Lipinski definition) is 1. The van der Waals surface area contributed by atoms with Crippen LogP contribution in [0.5, 0.6) is 0 Å². The lowest BCUT2D eigenvalue weighted by Gasteiger charge is -2.27. The van der Waals surface area contributed by atoms with Crippen LogP contribution in [0.25, 0.3) is 0 Å². The van der Waals surface area contributed by atoms with E-state index in [-0.39, 0.29) is 24.0 Å². The van der Waals surface area contributed by atoms with Crippen molar-refractivity contribution in [2.45, 2.75) is 32.7 Å². The summed E-state index contributed by atoms with van der Waals surface area (Å²) in [6, 6.07) is 0. The first-order chi connectivity index (χ1) is 13.1. The Morgan fingerprint density at radius 3 is 2.71 bits per heavy atom. The Morgan fingerprint density at radius 2 is 2.07 bits per heavy atom. The zero-order chi connectivity index (χ0) is 19.5. The van der Waals surface area contributed by atoms with Gasteiger partial charge < -0.3 is 19.5 Å². The lowest BCUT2D eigenvalue weighted by molar-refractivity contribution is 0.0375. The van der Waals surface area contributed by atoms with E-state index in [1.807, 2.05) is 24.6 Å². The number of nitrogens with one attached hydrogen (secondary N) is 1. The SMILES string of the molecule is C=CCCCN(C)C(=NCc1nnc(C)n1C)NCCCN1CCOCC1.I. The molecule has 1 aromatic heterocycles. The number of rotatable bonds is 10. The number of morpholine rings is 1. The number of aliphatic imine (C=N–C) groups is 1. The smallest absolute Gasteiger partial charge is 0.194 e. The van der Waals surface area contributed by atoms with Crippen LogP contribution in [0.15, 0.2) is 17.6 Å². The van der Waals surface area contributed by atoms with Crippen LogP contribution >= 0.6 is 24.0 Å². The minimum absolute atomic E-state index is 0. The summed E-state index contributed by atoms with van der Waals surface area (Å²) < 4.78 is 7.39. The lowest BCUT2D eigenvalue weighted by Crippen LogP contribution is -2.42. The fourth-order valence-corrected chi connectivity index (χ4v) is 2.95. The van der Waals surface area contributed by atoms with Gasteiger partial charge in [0, 0.05) is 40.3 Å². The van der Waals surface area contributed by atoms with Crippen molar-refractivity contribution >= 4 is 29.9 Å². The van der Waals surface area contributed by atoms with Crippen molar-refractivity contribution in [3.05, 3.63) is 24.3 Å². The number of unbranched alkanes of at least 4 members (excludes halogenated alkanes) is 1. The van der Waals surface area contributed by atoms with Gasteiger partial charge in [0.25, 0.3) is 0 Å². The molecule has 2 heterocycles. The van der Waals surface area contributed by atoms with Gasteiger partial charge in [-0.1, -0.05) is 6.08 Å². The maximum absolute atomic E-state index is 5.40. The van der Waals surface area contributed by atoms with E-state index in [4.69, 9.17) is 9.73 Å². The van der Waals surface area contributed by atoms with Crippen LogP contribution in [0.1, 0.15) is 30.9 Å². The van der Waals surface area contributed by atoms with Gasteiger partial charge in [-0.3, -0.25) is 4.90 Å². The number of halogens is 1. The molecule has 0 bridgehead atoms. The molecule has 1 fully saturated rings. The van der Waals surface area contributed by atoms with Crippen LogP contribution in [0.2, 0.25) is 0 Å². The summed E-state index contributed by atoms with van der Waals surface area (Å²) in [7, 11) is 4.06. The molecule has 0 amide bonds. The van der Waals surface area contributed by atoms with Crippen molar-refractivity contribution in [2.75, 3.05) is 53.0 Å². The molecule has 0 aliphatic carbocycles. The van der Waals surface area contributed by atoms with E-state index >= 15 is 0 Å². The molecule has 1 N–H and O–H groups in total. The second-order valence-corrected chi connectivity index (χ2v) is 6.95. The predicted octanol–water partition coefficient (Wildman–Crippen LogP) is 1.81. The van der Waals surface area contributed by atoms with E-state index in [2.05, 4.69) is 38.9 Å². The lowest BCUT2D eigenvalue weighted by atomic mass is 10.3. The van der Waals surface area contributed by atoms with Gasteiger partial charge in [-0.15, -0.1) is 40.8 Å². The maximum Gasteiger partial charge on any atom is 0.194 e. The Hall–Kier alpha value is -1.20. The van der Waals surface area contributed by atoms with Gasteiger partial charge in [-0.2, -0.15) is 0 Å². The van der Waals surface area contributed by atoms with Gasteiger partial charge in [0.2, 0.25) is 0 Å². The highest BCUT2D eigenvalue weighted by Gasteiger charge is 2.11. The van der Waals surface area contributed by atoms with Crippen molar-refractivity contribution in [3.8, 4) is 0 Å². The second kappa shape index (κ2) is 13.9.